The van der Waals surface area contributed by atoms with Gasteiger partial charge in [0, 0.05) is 12.6 Å². The number of furan rings is 1. The van der Waals surface area contributed by atoms with Crippen molar-refractivity contribution < 1.29 is 13.9 Å². The molecule has 1 aliphatic rings. The van der Waals surface area contributed by atoms with Crippen molar-refractivity contribution in [2.45, 2.75) is 25.8 Å². The van der Waals surface area contributed by atoms with Crippen molar-refractivity contribution in [1.82, 2.24) is 10.2 Å². The van der Waals surface area contributed by atoms with E-state index in [1.807, 2.05) is 19.1 Å². The SMILES string of the molecule is COc1cc(N)c(Cl)cc1C(=O)NCC(c1ccc(C)o1)N1CCCC1.Cl.Cl. The molecule has 1 aromatic heterocycles. The fourth-order valence-corrected chi connectivity index (χ4v) is 3.46. The van der Waals surface area contributed by atoms with Gasteiger partial charge in [-0.15, -0.1) is 24.8 Å². The second kappa shape index (κ2) is 10.8. The first kappa shape index (κ1) is 24.4. The highest BCUT2D eigenvalue weighted by Gasteiger charge is 2.27. The first-order valence-electron chi connectivity index (χ1n) is 8.71. The molecule has 156 valence electrons. The minimum Gasteiger partial charge on any atom is -0.496 e. The van der Waals surface area contributed by atoms with Crippen LogP contribution in [-0.2, 0) is 0 Å². The Hall–Kier alpha value is -1.60. The van der Waals surface area contributed by atoms with Gasteiger partial charge in [-0.3, -0.25) is 9.69 Å². The van der Waals surface area contributed by atoms with Crippen molar-refractivity contribution in [3.8, 4) is 5.75 Å². The summed E-state index contributed by atoms with van der Waals surface area (Å²) in [6.45, 7) is 4.36. The van der Waals surface area contributed by atoms with E-state index in [1.165, 1.54) is 13.2 Å². The van der Waals surface area contributed by atoms with Gasteiger partial charge in [-0.25, -0.2) is 0 Å². The molecule has 1 saturated heterocycles. The lowest BCUT2D eigenvalue weighted by atomic mass is 10.1. The Morgan fingerprint density at radius 1 is 1.32 bits per heavy atom. The first-order valence-corrected chi connectivity index (χ1v) is 9.09. The molecule has 0 radical (unpaired) electrons. The molecule has 1 atom stereocenters. The van der Waals surface area contributed by atoms with Crippen LogP contribution in [0.3, 0.4) is 0 Å². The number of benzene rings is 1. The predicted molar refractivity (Wildman–Crippen MR) is 116 cm³/mol. The predicted octanol–water partition coefficient (Wildman–Crippen LogP) is 4.24. The fraction of sp³-hybridized carbons (Fsp3) is 0.421. The van der Waals surface area contributed by atoms with Crippen LogP contribution in [0.2, 0.25) is 5.02 Å². The molecule has 1 amide bonds. The number of rotatable bonds is 6. The van der Waals surface area contributed by atoms with Gasteiger partial charge in [0.05, 0.1) is 29.4 Å². The highest BCUT2D eigenvalue weighted by atomic mass is 35.5. The lowest BCUT2D eigenvalue weighted by Crippen LogP contribution is -2.36. The number of carbonyl (C=O) groups excluding carboxylic acids is 1. The molecule has 6 nitrogen and oxygen atoms in total. The van der Waals surface area contributed by atoms with Crippen LogP contribution in [0.5, 0.6) is 5.75 Å². The number of methoxy groups -OCH3 is 1. The van der Waals surface area contributed by atoms with E-state index in [1.54, 1.807) is 6.07 Å². The van der Waals surface area contributed by atoms with Crippen LogP contribution in [0.4, 0.5) is 5.69 Å². The summed E-state index contributed by atoms with van der Waals surface area (Å²) < 4.78 is 11.1. The second-order valence-electron chi connectivity index (χ2n) is 6.49. The van der Waals surface area contributed by atoms with Crippen LogP contribution >= 0.6 is 36.4 Å². The molecule has 2 heterocycles. The van der Waals surface area contributed by atoms with Gasteiger partial charge in [-0.1, -0.05) is 11.6 Å². The van der Waals surface area contributed by atoms with Crippen LogP contribution in [0.15, 0.2) is 28.7 Å². The summed E-state index contributed by atoms with van der Waals surface area (Å²) in [5.74, 6) is 1.88. The summed E-state index contributed by atoms with van der Waals surface area (Å²) in [5, 5.41) is 3.31. The van der Waals surface area contributed by atoms with E-state index in [4.69, 9.17) is 26.5 Å². The lowest BCUT2D eigenvalue weighted by molar-refractivity contribution is 0.0930. The van der Waals surface area contributed by atoms with Gasteiger partial charge in [-0.2, -0.15) is 0 Å². The number of halogens is 3. The van der Waals surface area contributed by atoms with E-state index < -0.39 is 0 Å². The molecule has 1 aromatic carbocycles. The van der Waals surface area contributed by atoms with Crippen molar-refractivity contribution in [3.05, 3.63) is 46.4 Å². The number of hydrogen-bond acceptors (Lipinski definition) is 5. The average Bonchev–Trinajstić information content (AvgIpc) is 3.29. The Morgan fingerprint density at radius 2 is 2.00 bits per heavy atom. The highest BCUT2D eigenvalue weighted by molar-refractivity contribution is 6.33. The standard InChI is InChI=1S/C19H24ClN3O3.2ClH/c1-12-5-6-17(26-12)16(23-7-3-4-8-23)11-22-19(24)13-9-14(20)15(21)10-18(13)25-2;;/h5-6,9-10,16H,3-4,7-8,11,21H2,1-2H3,(H,22,24);2*1H. The molecule has 0 bridgehead atoms. The third-order valence-corrected chi connectivity index (χ3v) is 5.02. The van der Waals surface area contributed by atoms with Gasteiger partial charge in [0.1, 0.15) is 17.3 Å². The zero-order valence-corrected chi connectivity index (χ0v) is 18.3. The Labute approximate surface area is 182 Å². The minimum absolute atomic E-state index is 0. The molecule has 3 rings (SSSR count). The zero-order chi connectivity index (χ0) is 18.7. The quantitative estimate of drug-likeness (QED) is 0.643. The van der Waals surface area contributed by atoms with E-state index in [9.17, 15) is 4.79 Å². The summed E-state index contributed by atoms with van der Waals surface area (Å²) in [5.41, 5.74) is 6.53. The highest BCUT2D eigenvalue weighted by Crippen LogP contribution is 2.30. The van der Waals surface area contributed by atoms with Crippen LogP contribution in [0, 0.1) is 6.92 Å². The zero-order valence-electron chi connectivity index (χ0n) is 15.9. The van der Waals surface area contributed by atoms with Crippen LogP contribution in [-0.4, -0.2) is 37.6 Å². The smallest absolute Gasteiger partial charge is 0.255 e. The van der Waals surface area contributed by atoms with E-state index in [2.05, 4.69) is 10.2 Å². The monoisotopic (exact) mass is 449 g/mol. The van der Waals surface area contributed by atoms with Crippen molar-refractivity contribution in [3.63, 3.8) is 0 Å². The molecule has 0 spiro atoms. The summed E-state index contributed by atoms with van der Waals surface area (Å²) in [4.78, 5) is 15.0. The number of nitrogen functional groups attached to an aromatic ring is 1. The summed E-state index contributed by atoms with van der Waals surface area (Å²) in [7, 11) is 1.50. The topological polar surface area (TPSA) is 80.7 Å². The summed E-state index contributed by atoms with van der Waals surface area (Å²) >= 11 is 6.07. The van der Waals surface area contributed by atoms with Gasteiger partial charge in [0.2, 0.25) is 0 Å². The molecule has 28 heavy (non-hydrogen) atoms. The Balaban J connectivity index is 0.00000196. The van der Waals surface area contributed by atoms with Crippen molar-refractivity contribution in [1.29, 1.82) is 0 Å². The molecule has 3 N–H and O–H groups in total. The van der Waals surface area contributed by atoms with E-state index in [0.717, 1.165) is 37.5 Å². The molecule has 1 aliphatic heterocycles. The maximum atomic E-state index is 12.7. The van der Waals surface area contributed by atoms with E-state index in [-0.39, 0.29) is 36.8 Å². The fourth-order valence-electron chi connectivity index (χ4n) is 3.30. The number of ether oxygens (including phenoxy) is 1. The maximum Gasteiger partial charge on any atom is 0.255 e. The van der Waals surface area contributed by atoms with E-state index in [0.29, 0.717) is 28.6 Å². The van der Waals surface area contributed by atoms with Gasteiger partial charge in [0.25, 0.3) is 5.91 Å². The number of aryl methyl sites for hydroxylation is 1. The molecule has 0 aliphatic carbocycles. The number of likely N-dealkylation sites (tertiary alicyclic amines) is 1. The minimum atomic E-state index is -0.253. The van der Waals surface area contributed by atoms with E-state index >= 15 is 0 Å². The van der Waals surface area contributed by atoms with Crippen molar-refractivity contribution in [2.24, 2.45) is 0 Å². The largest absolute Gasteiger partial charge is 0.496 e. The summed E-state index contributed by atoms with van der Waals surface area (Å²) in [6.07, 6.45) is 2.32. The number of nitrogens with one attached hydrogen (secondary N) is 1. The number of amides is 1. The third kappa shape index (κ3) is 5.47. The van der Waals surface area contributed by atoms with Crippen LogP contribution in [0.25, 0.3) is 0 Å². The molecule has 0 saturated carbocycles. The normalized spacial score (nSPS) is 14.7. The lowest BCUT2D eigenvalue weighted by Gasteiger charge is -2.26. The van der Waals surface area contributed by atoms with Gasteiger partial charge >= 0.3 is 0 Å². The first-order chi connectivity index (χ1) is 12.5. The molecular weight excluding hydrogens is 425 g/mol. The molecule has 1 unspecified atom stereocenters. The number of carbonyl (C=O) groups is 1. The Kier molecular flexibility index (Phi) is 9.44. The van der Waals surface area contributed by atoms with Crippen LogP contribution in [0.1, 0.15) is 40.8 Å². The second-order valence-corrected chi connectivity index (χ2v) is 6.90. The Morgan fingerprint density at radius 3 is 2.57 bits per heavy atom. The average molecular weight is 451 g/mol. The van der Waals surface area contributed by atoms with Gasteiger partial charge in [-0.05, 0) is 51.1 Å². The molecule has 1 fully saturated rings. The molecule has 9 heteroatoms. The van der Waals surface area contributed by atoms with Crippen LogP contribution < -0.4 is 15.8 Å². The van der Waals surface area contributed by atoms with Gasteiger partial charge in [0.15, 0.2) is 0 Å². The van der Waals surface area contributed by atoms with Crippen molar-refractivity contribution in [2.75, 3.05) is 32.5 Å². The Bertz CT molecular complexity index is 792. The maximum absolute atomic E-state index is 12.7. The molecule has 2 aromatic rings. The number of nitrogens with zero attached hydrogens (tertiary/aromatic N) is 1. The number of hydrogen-bond donors (Lipinski definition) is 2. The summed E-state index contributed by atoms with van der Waals surface area (Å²) in [6, 6.07) is 7.03. The molecular formula is C19H26Cl3N3O3. The van der Waals surface area contributed by atoms with Gasteiger partial charge < -0.3 is 20.2 Å². The number of nitrogens with two attached hydrogens (primary N) is 1. The number of anilines is 1. The van der Waals surface area contributed by atoms with Crippen molar-refractivity contribution >= 4 is 48.0 Å². The third-order valence-electron chi connectivity index (χ3n) is 4.69.